The van der Waals surface area contributed by atoms with Crippen LogP contribution >= 0.6 is 11.6 Å². The molecule has 4 rings (SSSR count). The van der Waals surface area contributed by atoms with Gasteiger partial charge in [-0.1, -0.05) is 30.3 Å². The highest BCUT2D eigenvalue weighted by molar-refractivity contribution is 6.28. The van der Waals surface area contributed by atoms with Crippen LogP contribution in [0.2, 0.25) is 5.28 Å². The number of carbonyl (C=O) groups excluding carboxylic acids is 2. The molecular weight excluding hydrogens is 472 g/mol. The molecule has 0 radical (unpaired) electrons. The maximum atomic E-state index is 12.8. The van der Waals surface area contributed by atoms with Gasteiger partial charge in [0.25, 0.3) is 5.91 Å². The third-order valence-corrected chi connectivity index (χ3v) is 5.90. The SMILES string of the molecule is Cn1ncc(NC(=O)c2nc(Cl)ncc2N)c1N1CCC[C@@H](NC(=O)OCc2ccccc2)CC1. The maximum absolute atomic E-state index is 12.8. The Morgan fingerprint density at radius 1 is 1.20 bits per heavy atom. The molecule has 4 N–H and O–H groups in total. The number of nitrogens with two attached hydrogens (primary N) is 1. The molecule has 2 aromatic heterocycles. The van der Waals surface area contributed by atoms with Crippen molar-refractivity contribution in [2.75, 3.05) is 29.0 Å². The van der Waals surface area contributed by atoms with E-state index in [1.165, 1.54) is 6.20 Å². The summed E-state index contributed by atoms with van der Waals surface area (Å²) >= 11 is 5.82. The number of alkyl carbamates (subject to hydrolysis) is 1. The standard InChI is InChI=1S/C23H27ClN8O3/c1-31-21(18(13-27-31)29-20(33)19-17(25)12-26-22(24)30-19)32-10-5-8-16(9-11-32)28-23(34)35-14-15-6-3-2-4-7-15/h2-4,6-7,12-13,16H,5,8-11,14,25H2,1H3,(H,28,34)(H,29,33)/t16-/m1/s1. The van der Waals surface area contributed by atoms with E-state index in [0.29, 0.717) is 18.7 Å². The first-order valence-corrected chi connectivity index (χ1v) is 11.6. The van der Waals surface area contributed by atoms with Gasteiger partial charge < -0.3 is 26.0 Å². The molecule has 0 spiro atoms. The lowest BCUT2D eigenvalue weighted by atomic mass is 10.1. The first-order valence-electron chi connectivity index (χ1n) is 11.2. The molecule has 0 aliphatic carbocycles. The molecule has 1 atom stereocenters. The summed E-state index contributed by atoms with van der Waals surface area (Å²) < 4.78 is 7.06. The van der Waals surface area contributed by atoms with Gasteiger partial charge in [0, 0.05) is 26.2 Å². The van der Waals surface area contributed by atoms with E-state index in [9.17, 15) is 9.59 Å². The third-order valence-electron chi connectivity index (χ3n) is 5.72. The van der Waals surface area contributed by atoms with Crippen LogP contribution in [0.5, 0.6) is 0 Å². The fourth-order valence-electron chi connectivity index (χ4n) is 4.01. The van der Waals surface area contributed by atoms with Crippen LogP contribution in [0, 0.1) is 0 Å². The van der Waals surface area contributed by atoms with Crippen LogP contribution in [-0.2, 0) is 18.4 Å². The molecule has 1 aliphatic rings. The second kappa shape index (κ2) is 11.0. The zero-order valence-corrected chi connectivity index (χ0v) is 20.0. The maximum Gasteiger partial charge on any atom is 0.407 e. The number of hydrogen-bond acceptors (Lipinski definition) is 8. The first-order chi connectivity index (χ1) is 16.9. The minimum Gasteiger partial charge on any atom is -0.445 e. The Morgan fingerprint density at radius 3 is 2.80 bits per heavy atom. The molecule has 1 aliphatic heterocycles. The van der Waals surface area contributed by atoms with Crippen molar-refractivity contribution in [1.82, 2.24) is 25.1 Å². The van der Waals surface area contributed by atoms with E-state index >= 15 is 0 Å². The molecule has 0 saturated carbocycles. The summed E-state index contributed by atoms with van der Waals surface area (Å²) in [5, 5.41) is 10.0. The second-order valence-corrected chi connectivity index (χ2v) is 8.56. The molecule has 0 unspecified atom stereocenters. The number of nitrogens with zero attached hydrogens (tertiary/aromatic N) is 5. The van der Waals surface area contributed by atoms with E-state index in [1.807, 2.05) is 37.4 Å². The summed E-state index contributed by atoms with van der Waals surface area (Å²) in [6.07, 6.45) is 4.81. The number of nitrogen functional groups attached to an aromatic ring is 1. The van der Waals surface area contributed by atoms with Crippen LogP contribution in [0.1, 0.15) is 35.3 Å². The van der Waals surface area contributed by atoms with Crippen molar-refractivity contribution >= 4 is 40.8 Å². The zero-order valence-electron chi connectivity index (χ0n) is 19.3. The molecule has 3 heterocycles. The molecule has 1 aromatic carbocycles. The van der Waals surface area contributed by atoms with Crippen molar-refractivity contribution in [2.45, 2.75) is 31.9 Å². The number of aryl methyl sites for hydroxylation is 1. The lowest BCUT2D eigenvalue weighted by Crippen LogP contribution is -2.36. The highest BCUT2D eigenvalue weighted by atomic mass is 35.5. The predicted octanol–water partition coefficient (Wildman–Crippen LogP) is 2.98. The fraction of sp³-hybridized carbons (Fsp3) is 0.348. The first kappa shape index (κ1) is 24.3. The summed E-state index contributed by atoms with van der Waals surface area (Å²) in [5.74, 6) is 0.251. The molecule has 35 heavy (non-hydrogen) atoms. The van der Waals surface area contributed by atoms with Crippen molar-refractivity contribution < 1.29 is 14.3 Å². The van der Waals surface area contributed by atoms with Gasteiger partial charge in [-0.3, -0.25) is 9.48 Å². The molecule has 1 fully saturated rings. The lowest BCUT2D eigenvalue weighted by molar-refractivity contribution is 0.102. The number of rotatable bonds is 6. The minimum absolute atomic E-state index is 0.00560. The number of nitrogens with one attached hydrogen (secondary N) is 2. The van der Waals surface area contributed by atoms with Crippen LogP contribution in [0.4, 0.5) is 22.0 Å². The molecular formula is C23H27ClN8O3. The molecule has 184 valence electrons. The van der Waals surface area contributed by atoms with Gasteiger partial charge in [0.15, 0.2) is 11.5 Å². The summed E-state index contributed by atoms with van der Waals surface area (Å²) in [6, 6.07) is 9.54. The van der Waals surface area contributed by atoms with Gasteiger partial charge in [-0.15, -0.1) is 0 Å². The van der Waals surface area contributed by atoms with Gasteiger partial charge in [-0.05, 0) is 36.4 Å². The Bertz CT molecular complexity index is 1190. The average Bonchev–Trinajstić information content (AvgIpc) is 3.05. The summed E-state index contributed by atoms with van der Waals surface area (Å²) in [7, 11) is 1.81. The van der Waals surface area contributed by atoms with E-state index in [-0.39, 0.29) is 29.3 Å². The average molecular weight is 499 g/mol. The minimum atomic E-state index is -0.503. The zero-order chi connectivity index (χ0) is 24.8. The molecule has 1 saturated heterocycles. The summed E-state index contributed by atoms with van der Waals surface area (Å²) in [4.78, 5) is 34.9. The molecule has 0 bridgehead atoms. The number of aromatic nitrogens is 4. The van der Waals surface area contributed by atoms with Gasteiger partial charge >= 0.3 is 6.09 Å². The van der Waals surface area contributed by atoms with Crippen molar-refractivity contribution in [3.05, 3.63) is 59.3 Å². The van der Waals surface area contributed by atoms with E-state index in [1.54, 1.807) is 10.9 Å². The van der Waals surface area contributed by atoms with Crippen molar-refractivity contribution in [3.63, 3.8) is 0 Å². The van der Waals surface area contributed by atoms with E-state index in [0.717, 1.165) is 30.8 Å². The van der Waals surface area contributed by atoms with Crippen LogP contribution in [-0.4, -0.2) is 50.9 Å². The molecule has 12 heteroatoms. The highest BCUT2D eigenvalue weighted by Gasteiger charge is 2.24. The Balaban J connectivity index is 1.36. The van der Waals surface area contributed by atoms with Gasteiger partial charge in [-0.25, -0.2) is 14.8 Å². The number of hydrogen-bond donors (Lipinski definition) is 3. The number of amides is 2. The Kier molecular flexibility index (Phi) is 7.66. The number of carbonyl (C=O) groups is 2. The second-order valence-electron chi connectivity index (χ2n) is 8.22. The van der Waals surface area contributed by atoms with Crippen LogP contribution in [0.25, 0.3) is 0 Å². The lowest BCUT2D eigenvalue weighted by Gasteiger charge is -2.24. The Morgan fingerprint density at radius 2 is 2.00 bits per heavy atom. The smallest absolute Gasteiger partial charge is 0.407 e. The fourth-order valence-corrected chi connectivity index (χ4v) is 4.14. The van der Waals surface area contributed by atoms with Crippen molar-refractivity contribution in [3.8, 4) is 0 Å². The van der Waals surface area contributed by atoms with E-state index < -0.39 is 12.0 Å². The largest absolute Gasteiger partial charge is 0.445 e. The number of ether oxygens (including phenoxy) is 1. The summed E-state index contributed by atoms with van der Waals surface area (Å²) in [5.41, 5.74) is 7.42. The molecule has 11 nitrogen and oxygen atoms in total. The van der Waals surface area contributed by atoms with Crippen molar-refractivity contribution in [1.29, 1.82) is 0 Å². The van der Waals surface area contributed by atoms with Gasteiger partial charge in [0.05, 0.1) is 18.1 Å². The normalized spacial score (nSPS) is 15.8. The van der Waals surface area contributed by atoms with Gasteiger partial charge in [0.1, 0.15) is 12.3 Å². The Labute approximate surface area is 207 Å². The topological polar surface area (TPSA) is 140 Å². The highest BCUT2D eigenvalue weighted by Crippen LogP contribution is 2.28. The number of anilines is 3. The van der Waals surface area contributed by atoms with Crippen LogP contribution in [0.3, 0.4) is 0 Å². The van der Waals surface area contributed by atoms with E-state index in [2.05, 4.69) is 30.6 Å². The quantitative estimate of drug-likeness (QED) is 0.440. The number of halogens is 1. The predicted molar refractivity (Wildman–Crippen MR) is 132 cm³/mol. The number of benzene rings is 1. The molecule has 3 aromatic rings. The van der Waals surface area contributed by atoms with Crippen LogP contribution in [0.15, 0.2) is 42.7 Å². The summed E-state index contributed by atoms with van der Waals surface area (Å²) in [6.45, 7) is 1.63. The van der Waals surface area contributed by atoms with Gasteiger partial charge in [0.2, 0.25) is 5.28 Å². The molecule has 2 amide bonds. The third kappa shape index (κ3) is 6.18. The Hall–Kier alpha value is -3.86. The monoisotopic (exact) mass is 498 g/mol. The van der Waals surface area contributed by atoms with E-state index in [4.69, 9.17) is 22.1 Å². The van der Waals surface area contributed by atoms with Gasteiger partial charge in [-0.2, -0.15) is 5.10 Å². The van der Waals surface area contributed by atoms with Crippen LogP contribution < -0.4 is 21.3 Å². The van der Waals surface area contributed by atoms with Crippen molar-refractivity contribution in [2.24, 2.45) is 7.05 Å².